The molecule has 0 spiro atoms. The van der Waals surface area contributed by atoms with Gasteiger partial charge < -0.3 is 21.7 Å². The van der Waals surface area contributed by atoms with Crippen molar-refractivity contribution in [1.82, 2.24) is 16.0 Å². The standard InChI is InChI=1S/C17H30N4O2/c1-10-3-2-4-11-7-14(21-16(10)11)17(23)20-13-8-12(9-13)19-15(22)5-6-18/h10-14,16,21H,2-9,18H2,1H3,(H,19,22)(H,20,23). The smallest absolute Gasteiger partial charge is 0.237 e. The second-order valence-corrected chi connectivity index (χ2v) is 7.63. The number of hydrogen-bond donors (Lipinski definition) is 4. The molecule has 0 bridgehead atoms. The highest BCUT2D eigenvalue weighted by molar-refractivity contribution is 5.82. The fourth-order valence-corrected chi connectivity index (χ4v) is 4.46. The number of fused-ring (bicyclic) bond motifs is 1. The average molecular weight is 322 g/mol. The first-order chi connectivity index (χ1) is 11.1. The zero-order chi connectivity index (χ0) is 16.4. The minimum atomic E-state index is -0.0311. The molecule has 4 atom stereocenters. The molecule has 5 N–H and O–H groups in total. The number of hydrogen-bond acceptors (Lipinski definition) is 4. The van der Waals surface area contributed by atoms with E-state index in [1.54, 1.807) is 0 Å². The molecule has 1 heterocycles. The lowest BCUT2D eigenvalue weighted by Crippen LogP contribution is -2.56. The van der Waals surface area contributed by atoms with Gasteiger partial charge in [-0.25, -0.2) is 0 Å². The van der Waals surface area contributed by atoms with Gasteiger partial charge in [-0.15, -0.1) is 0 Å². The first-order valence-electron chi connectivity index (χ1n) is 9.12. The molecule has 0 radical (unpaired) electrons. The highest BCUT2D eigenvalue weighted by Gasteiger charge is 2.42. The van der Waals surface area contributed by atoms with Gasteiger partial charge in [0, 0.05) is 31.1 Å². The van der Waals surface area contributed by atoms with Gasteiger partial charge in [0.1, 0.15) is 0 Å². The molecule has 0 aromatic heterocycles. The molecule has 4 unspecified atom stereocenters. The van der Waals surface area contributed by atoms with Crippen LogP contribution in [0.25, 0.3) is 0 Å². The number of nitrogens with one attached hydrogen (secondary N) is 3. The molecule has 3 rings (SSSR count). The number of amides is 2. The molecule has 6 heteroatoms. The third-order valence-corrected chi connectivity index (χ3v) is 5.82. The molecule has 0 aromatic rings. The van der Waals surface area contributed by atoms with Gasteiger partial charge in [0.25, 0.3) is 0 Å². The van der Waals surface area contributed by atoms with Crippen molar-refractivity contribution in [3.63, 3.8) is 0 Å². The van der Waals surface area contributed by atoms with Crippen LogP contribution in [0.1, 0.15) is 51.9 Å². The minimum Gasteiger partial charge on any atom is -0.353 e. The maximum atomic E-state index is 12.5. The lowest BCUT2D eigenvalue weighted by atomic mass is 9.78. The van der Waals surface area contributed by atoms with E-state index in [9.17, 15) is 9.59 Å². The molecule has 2 amide bonds. The van der Waals surface area contributed by atoms with Crippen LogP contribution >= 0.6 is 0 Å². The number of carbonyl (C=O) groups is 2. The van der Waals surface area contributed by atoms with E-state index in [1.807, 2.05) is 0 Å². The second kappa shape index (κ2) is 7.18. The predicted octanol–water partition coefficient (Wildman–Crippen LogP) is 0.265. The van der Waals surface area contributed by atoms with Crippen molar-refractivity contribution in [2.24, 2.45) is 17.6 Å². The van der Waals surface area contributed by atoms with E-state index in [-0.39, 0.29) is 29.9 Å². The Bertz CT molecular complexity index is 450. The lowest BCUT2D eigenvalue weighted by molar-refractivity contribution is -0.124. The van der Waals surface area contributed by atoms with Gasteiger partial charge in [-0.1, -0.05) is 13.3 Å². The van der Waals surface area contributed by atoms with Crippen molar-refractivity contribution in [2.75, 3.05) is 6.54 Å². The highest BCUT2D eigenvalue weighted by Crippen LogP contribution is 2.36. The topological polar surface area (TPSA) is 96.2 Å². The molecule has 3 aliphatic rings. The first-order valence-corrected chi connectivity index (χ1v) is 9.12. The Morgan fingerprint density at radius 1 is 1.13 bits per heavy atom. The zero-order valence-corrected chi connectivity index (χ0v) is 14.0. The van der Waals surface area contributed by atoms with Crippen LogP contribution in [0.2, 0.25) is 0 Å². The molecular formula is C17H30N4O2. The summed E-state index contributed by atoms with van der Waals surface area (Å²) in [6.07, 6.45) is 6.84. The Labute approximate surface area is 138 Å². The molecule has 130 valence electrons. The molecule has 23 heavy (non-hydrogen) atoms. The van der Waals surface area contributed by atoms with Crippen molar-refractivity contribution in [3.05, 3.63) is 0 Å². The van der Waals surface area contributed by atoms with E-state index in [1.165, 1.54) is 19.3 Å². The van der Waals surface area contributed by atoms with E-state index >= 15 is 0 Å². The Kier molecular flexibility index (Phi) is 5.21. The van der Waals surface area contributed by atoms with E-state index in [2.05, 4.69) is 22.9 Å². The van der Waals surface area contributed by atoms with Crippen LogP contribution < -0.4 is 21.7 Å². The van der Waals surface area contributed by atoms with Gasteiger partial charge in [-0.05, 0) is 43.9 Å². The number of carbonyl (C=O) groups excluding carboxylic acids is 2. The van der Waals surface area contributed by atoms with Gasteiger partial charge in [-0.2, -0.15) is 0 Å². The Morgan fingerprint density at radius 3 is 2.57 bits per heavy atom. The largest absolute Gasteiger partial charge is 0.353 e. The van der Waals surface area contributed by atoms with E-state index in [0.29, 0.717) is 30.8 Å². The van der Waals surface area contributed by atoms with Crippen LogP contribution in [0.4, 0.5) is 0 Å². The molecule has 1 saturated heterocycles. The van der Waals surface area contributed by atoms with E-state index < -0.39 is 0 Å². The van der Waals surface area contributed by atoms with Crippen LogP contribution in [-0.4, -0.2) is 42.5 Å². The Hall–Kier alpha value is -1.14. The average Bonchev–Trinajstić information content (AvgIpc) is 2.91. The Balaban J connectivity index is 1.39. The van der Waals surface area contributed by atoms with Crippen molar-refractivity contribution in [2.45, 2.75) is 76.0 Å². The van der Waals surface area contributed by atoms with Crippen LogP contribution in [0.15, 0.2) is 0 Å². The molecule has 2 aliphatic carbocycles. The maximum absolute atomic E-state index is 12.5. The van der Waals surface area contributed by atoms with Gasteiger partial charge in [0.15, 0.2) is 0 Å². The van der Waals surface area contributed by atoms with Crippen molar-refractivity contribution in [3.8, 4) is 0 Å². The van der Waals surface area contributed by atoms with Gasteiger partial charge in [-0.3, -0.25) is 9.59 Å². The lowest BCUT2D eigenvalue weighted by Gasteiger charge is -2.37. The van der Waals surface area contributed by atoms with Crippen molar-refractivity contribution >= 4 is 11.8 Å². The number of nitrogens with two attached hydrogens (primary N) is 1. The molecular weight excluding hydrogens is 292 g/mol. The molecule has 2 saturated carbocycles. The molecule has 1 aliphatic heterocycles. The normalized spacial score (nSPS) is 39.2. The van der Waals surface area contributed by atoms with Crippen LogP contribution in [-0.2, 0) is 9.59 Å². The maximum Gasteiger partial charge on any atom is 0.237 e. The summed E-state index contributed by atoms with van der Waals surface area (Å²) in [4.78, 5) is 23.9. The quantitative estimate of drug-likeness (QED) is 0.584. The highest BCUT2D eigenvalue weighted by atomic mass is 16.2. The fourth-order valence-electron chi connectivity index (χ4n) is 4.46. The number of rotatable bonds is 5. The van der Waals surface area contributed by atoms with E-state index in [4.69, 9.17) is 5.73 Å². The second-order valence-electron chi connectivity index (χ2n) is 7.63. The molecule has 3 fully saturated rings. The van der Waals surface area contributed by atoms with E-state index in [0.717, 1.165) is 19.3 Å². The summed E-state index contributed by atoms with van der Waals surface area (Å²) in [5.41, 5.74) is 5.36. The molecule has 0 aromatic carbocycles. The third kappa shape index (κ3) is 3.86. The summed E-state index contributed by atoms with van der Waals surface area (Å²) in [5, 5.41) is 9.65. The van der Waals surface area contributed by atoms with Gasteiger partial charge in [0.2, 0.25) is 11.8 Å². The zero-order valence-electron chi connectivity index (χ0n) is 14.0. The van der Waals surface area contributed by atoms with Crippen LogP contribution in [0.3, 0.4) is 0 Å². The summed E-state index contributed by atoms with van der Waals surface area (Å²) >= 11 is 0. The third-order valence-electron chi connectivity index (χ3n) is 5.82. The first kappa shape index (κ1) is 16.7. The summed E-state index contributed by atoms with van der Waals surface area (Å²) in [6.45, 7) is 2.68. The summed E-state index contributed by atoms with van der Waals surface area (Å²) in [6, 6.07) is 0.881. The molecule has 6 nitrogen and oxygen atoms in total. The summed E-state index contributed by atoms with van der Waals surface area (Å²) in [5.74, 6) is 1.50. The predicted molar refractivity (Wildman–Crippen MR) is 88.6 cm³/mol. The summed E-state index contributed by atoms with van der Waals surface area (Å²) < 4.78 is 0. The SMILES string of the molecule is CC1CCCC2CC(C(=O)NC3CC(NC(=O)CCN)C3)NC12. The minimum absolute atomic E-state index is 0.0119. The van der Waals surface area contributed by atoms with Crippen molar-refractivity contribution < 1.29 is 9.59 Å². The van der Waals surface area contributed by atoms with Gasteiger partial charge >= 0.3 is 0 Å². The van der Waals surface area contributed by atoms with Crippen LogP contribution in [0.5, 0.6) is 0 Å². The van der Waals surface area contributed by atoms with Gasteiger partial charge in [0.05, 0.1) is 6.04 Å². The Morgan fingerprint density at radius 2 is 1.87 bits per heavy atom. The van der Waals surface area contributed by atoms with Crippen molar-refractivity contribution in [1.29, 1.82) is 0 Å². The summed E-state index contributed by atoms with van der Waals surface area (Å²) in [7, 11) is 0. The van der Waals surface area contributed by atoms with Crippen LogP contribution in [0, 0.1) is 11.8 Å². The fraction of sp³-hybridized carbons (Fsp3) is 0.882. The monoisotopic (exact) mass is 322 g/mol.